The Morgan fingerprint density at radius 2 is 2.11 bits per heavy atom. The predicted molar refractivity (Wildman–Crippen MR) is 67.6 cm³/mol. The van der Waals surface area contributed by atoms with Gasteiger partial charge in [-0.05, 0) is 37.0 Å². The molecule has 7 heteroatoms. The quantitative estimate of drug-likeness (QED) is 0.624. The number of nitro benzene ring substituents is 1. The summed E-state index contributed by atoms with van der Waals surface area (Å²) in [5, 5.41) is 18.6. The van der Waals surface area contributed by atoms with Crippen molar-refractivity contribution in [3.8, 4) is 0 Å². The highest BCUT2D eigenvalue weighted by Gasteiger charge is 2.20. The van der Waals surface area contributed by atoms with E-state index in [1.165, 1.54) is 17.3 Å². The van der Waals surface area contributed by atoms with E-state index in [-0.39, 0.29) is 17.3 Å². The fourth-order valence-corrected chi connectivity index (χ4v) is 2.45. The number of rotatable bonds is 3. The van der Waals surface area contributed by atoms with Gasteiger partial charge in [-0.3, -0.25) is 10.1 Å². The van der Waals surface area contributed by atoms with Crippen LogP contribution in [0.5, 0.6) is 0 Å². The molecule has 1 saturated carbocycles. The second-order valence-corrected chi connectivity index (χ2v) is 4.73. The summed E-state index contributed by atoms with van der Waals surface area (Å²) in [4.78, 5) is 17.5. The van der Waals surface area contributed by atoms with Crippen LogP contribution in [0.4, 0.5) is 5.69 Å². The van der Waals surface area contributed by atoms with Gasteiger partial charge in [-0.2, -0.15) is 0 Å². The normalized spacial score (nSPS) is 16.6. The first-order valence-corrected chi connectivity index (χ1v) is 6.41. The second kappa shape index (κ2) is 4.83. The van der Waals surface area contributed by atoms with Gasteiger partial charge in [-0.1, -0.05) is 17.3 Å². The lowest BCUT2D eigenvalue weighted by atomic mass is 9.98. The van der Waals surface area contributed by atoms with E-state index >= 15 is 0 Å². The topological polar surface area (TPSA) is 83.1 Å². The lowest BCUT2D eigenvalue weighted by Gasteiger charge is -2.21. The van der Waals surface area contributed by atoms with Crippen LogP contribution >= 0.6 is 0 Å². The highest BCUT2D eigenvalue weighted by atomic mass is 16.7. The fourth-order valence-electron chi connectivity index (χ4n) is 2.45. The molecule has 0 atom stereocenters. The van der Waals surface area contributed by atoms with Gasteiger partial charge in [0.2, 0.25) is 0 Å². The van der Waals surface area contributed by atoms with E-state index in [9.17, 15) is 10.1 Å². The van der Waals surface area contributed by atoms with Crippen molar-refractivity contribution in [3.63, 3.8) is 0 Å². The number of hydrogen-bond donors (Lipinski definition) is 0. The summed E-state index contributed by atoms with van der Waals surface area (Å²) >= 11 is 0. The molecule has 1 aromatic heterocycles. The van der Waals surface area contributed by atoms with E-state index in [1.54, 1.807) is 12.1 Å². The lowest BCUT2D eigenvalue weighted by Crippen LogP contribution is -2.28. The summed E-state index contributed by atoms with van der Waals surface area (Å²) in [5.74, 6) is 0. The molecule has 0 unspecified atom stereocenters. The van der Waals surface area contributed by atoms with Crippen LogP contribution in [0.2, 0.25) is 0 Å². The Bertz CT molecular complexity index is 604. The van der Waals surface area contributed by atoms with Gasteiger partial charge < -0.3 is 4.84 Å². The van der Waals surface area contributed by atoms with Crippen LogP contribution in [-0.2, 0) is 0 Å². The van der Waals surface area contributed by atoms with E-state index in [2.05, 4.69) is 10.3 Å². The van der Waals surface area contributed by atoms with Gasteiger partial charge in [-0.15, -0.1) is 5.10 Å². The summed E-state index contributed by atoms with van der Waals surface area (Å²) in [7, 11) is 0. The van der Waals surface area contributed by atoms with Crippen LogP contribution in [0.25, 0.3) is 11.0 Å². The molecule has 0 saturated heterocycles. The van der Waals surface area contributed by atoms with E-state index in [1.807, 2.05) is 0 Å². The smallest absolute Gasteiger partial charge is 0.299 e. The minimum Gasteiger partial charge on any atom is -0.392 e. The van der Waals surface area contributed by atoms with Gasteiger partial charge in [0.05, 0.1) is 4.92 Å². The summed E-state index contributed by atoms with van der Waals surface area (Å²) in [6, 6.07) is 4.76. The van der Waals surface area contributed by atoms with Crippen LogP contribution < -0.4 is 4.84 Å². The zero-order chi connectivity index (χ0) is 13.2. The lowest BCUT2D eigenvalue weighted by molar-refractivity contribution is -0.383. The largest absolute Gasteiger partial charge is 0.392 e. The van der Waals surface area contributed by atoms with E-state index in [0.29, 0.717) is 5.52 Å². The number of benzene rings is 1. The van der Waals surface area contributed by atoms with Crippen LogP contribution in [0.3, 0.4) is 0 Å². The van der Waals surface area contributed by atoms with Gasteiger partial charge in [0.1, 0.15) is 11.6 Å². The molecule has 1 aliphatic rings. The van der Waals surface area contributed by atoms with Gasteiger partial charge in [0, 0.05) is 6.07 Å². The second-order valence-electron chi connectivity index (χ2n) is 4.73. The summed E-state index contributed by atoms with van der Waals surface area (Å²) in [5.41, 5.74) is 0.763. The highest BCUT2D eigenvalue weighted by Crippen LogP contribution is 2.24. The molecule has 1 aromatic carbocycles. The molecule has 1 aliphatic carbocycles. The average molecular weight is 262 g/mol. The zero-order valence-electron chi connectivity index (χ0n) is 10.4. The Hall–Kier alpha value is -2.18. The molecule has 0 amide bonds. The average Bonchev–Trinajstić information content (AvgIpc) is 2.83. The third kappa shape index (κ3) is 2.23. The molecule has 19 heavy (non-hydrogen) atoms. The van der Waals surface area contributed by atoms with E-state index in [4.69, 9.17) is 4.84 Å². The summed E-state index contributed by atoms with van der Waals surface area (Å²) in [6.07, 6.45) is 5.66. The molecule has 2 aromatic rings. The molecular formula is C12H14N4O3. The monoisotopic (exact) mass is 262 g/mol. The highest BCUT2D eigenvalue weighted by molar-refractivity contribution is 5.83. The van der Waals surface area contributed by atoms with E-state index in [0.717, 1.165) is 25.7 Å². The number of non-ortho nitro benzene ring substituents is 1. The van der Waals surface area contributed by atoms with Crippen molar-refractivity contribution >= 4 is 16.7 Å². The predicted octanol–water partition coefficient (Wildman–Crippen LogP) is 2.10. The van der Waals surface area contributed by atoms with Crippen molar-refractivity contribution in [1.29, 1.82) is 0 Å². The maximum Gasteiger partial charge on any atom is 0.299 e. The SMILES string of the molecule is O=[N+]([O-])c1cccc2c1nnn2OC1CCCCC1. The van der Waals surface area contributed by atoms with Crippen molar-refractivity contribution in [3.05, 3.63) is 28.3 Å². The number of hydrogen-bond acceptors (Lipinski definition) is 5. The van der Waals surface area contributed by atoms with Crippen LogP contribution in [0.1, 0.15) is 32.1 Å². The minimum absolute atomic E-state index is 0.0454. The Morgan fingerprint density at radius 3 is 2.84 bits per heavy atom. The molecule has 3 rings (SSSR count). The standard InChI is InChI=1S/C12H14N4O3/c17-16(18)11-8-4-7-10-12(11)13-14-15(10)19-9-5-2-1-3-6-9/h4,7-9H,1-3,5-6H2. The molecule has 1 heterocycles. The molecule has 1 fully saturated rings. The summed E-state index contributed by atoms with van der Waals surface area (Å²) < 4.78 is 0. The van der Waals surface area contributed by atoms with Crippen molar-refractivity contribution in [2.24, 2.45) is 0 Å². The van der Waals surface area contributed by atoms with Gasteiger partial charge in [0.25, 0.3) is 5.69 Å². The van der Waals surface area contributed by atoms with E-state index < -0.39 is 4.92 Å². The first-order chi connectivity index (χ1) is 9.25. The maximum atomic E-state index is 10.9. The molecule has 0 radical (unpaired) electrons. The first kappa shape index (κ1) is 11.9. The number of nitro groups is 1. The zero-order valence-corrected chi connectivity index (χ0v) is 10.4. The molecule has 0 spiro atoms. The van der Waals surface area contributed by atoms with Crippen LogP contribution in [-0.4, -0.2) is 26.2 Å². The van der Waals surface area contributed by atoms with Crippen molar-refractivity contribution in [1.82, 2.24) is 15.2 Å². The third-order valence-corrected chi connectivity index (χ3v) is 3.42. The van der Waals surface area contributed by atoms with Crippen molar-refractivity contribution in [2.45, 2.75) is 38.2 Å². The number of fused-ring (bicyclic) bond motifs is 1. The summed E-state index contributed by atoms with van der Waals surface area (Å²) in [6.45, 7) is 0. The molecule has 0 bridgehead atoms. The first-order valence-electron chi connectivity index (χ1n) is 6.41. The van der Waals surface area contributed by atoms with Gasteiger partial charge in [0.15, 0.2) is 5.52 Å². The number of nitrogens with zero attached hydrogens (tertiary/aromatic N) is 4. The Labute approximate surface area is 109 Å². The fraction of sp³-hybridized carbons (Fsp3) is 0.500. The van der Waals surface area contributed by atoms with Crippen LogP contribution in [0.15, 0.2) is 18.2 Å². The molecule has 100 valence electrons. The van der Waals surface area contributed by atoms with Crippen LogP contribution in [0, 0.1) is 10.1 Å². The molecule has 7 nitrogen and oxygen atoms in total. The van der Waals surface area contributed by atoms with Crippen molar-refractivity contribution in [2.75, 3.05) is 0 Å². The van der Waals surface area contributed by atoms with Gasteiger partial charge in [-0.25, -0.2) is 0 Å². The maximum absolute atomic E-state index is 10.9. The molecular weight excluding hydrogens is 248 g/mol. The molecule has 0 N–H and O–H groups in total. The molecule has 0 aliphatic heterocycles. The Kier molecular flexibility index (Phi) is 3.02. The van der Waals surface area contributed by atoms with Gasteiger partial charge >= 0.3 is 0 Å². The Morgan fingerprint density at radius 1 is 1.32 bits per heavy atom. The minimum atomic E-state index is -0.456. The van der Waals surface area contributed by atoms with Crippen molar-refractivity contribution < 1.29 is 9.76 Å². The number of aromatic nitrogens is 3. The third-order valence-electron chi connectivity index (χ3n) is 3.42. The Balaban J connectivity index is 1.92.